The molecule has 7 heteroatoms. The molecule has 0 aliphatic carbocycles. The molecule has 0 spiro atoms. The first-order chi connectivity index (χ1) is 9.85. The molecule has 0 heterocycles. The quantitative estimate of drug-likeness (QED) is 0.850. The first kappa shape index (κ1) is 16.1. The van der Waals surface area contributed by atoms with Crippen LogP contribution in [0.4, 0.5) is 5.69 Å². The number of methoxy groups -OCH3 is 1. The third-order valence-corrected chi connectivity index (χ3v) is 5.22. The molecule has 0 atom stereocenters. The Morgan fingerprint density at radius 1 is 1.24 bits per heavy atom. The van der Waals surface area contributed by atoms with Crippen LogP contribution in [0, 0.1) is 6.92 Å². The number of anilines is 1. The number of rotatable bonds is 4. The zero-order valence-corrected chi connectivity index (χ0v) is 14.5. The minimum absolute atomic E-state index is 0.0544. The Balaban J connectivity index is 2.48. The molecule has 2 aromatic carbocycles. The molecule has 0 aliphatic rings. The Morgan fingerprint density at radius 2 is 1.95 bits per heavy atom. The molecule has 0 amide bonds. The second-order valence-electron chi connectivity index (χ2n) is 4.31. The van der Waals surface area contributed by atoms with Gasteiger partial charge in [-0.05, 0) is 42.8 Å². The van der Waals surface area contributed by atoms with Gasteiger partial charge in [-0.1, -0.05) is 33.6 Å². The van der Waals surface area contributed by atoms with Crippen molar-refractivity contribution in [3.63, 3.8) is 0 Å². The Morgan fingerprint density at radius 3 is 2.62 bits per heavy atom. The van der Waals surface area contributed by atoms with Crippen LogP contribution < -0.4 is 9.46 Å². The number of halogens is 2. The Kier molecular flexibility index (Phi) is 4.81. The topological polar surface area (TPSA) is 55.4 Å². The lowest BCUT2D eigenvalue weighted by Crippen LogP contribution is -2.15. The van der Waals surface area contributed by atoms with Crippen molar-refractivity contribution in [3.05, 3.63) is 51.5 Å². The van der Waals surface area contributed by atoms with Gasteiger partial charge in [-0.25, -0.2) is 8.42 Å². The minimum Gasteiger partial charge on any atom is -0.495 e. The van der Waals surface area contributed by atoms with Gasteiger partial charge in [-0.15, -0.1) is 0 Å². The molecule has 0 fully saturated rings. The average molecular weight is 391 g/mol. The van der Waals surface area contributed by atoms with Gasteiger partial charge in [0.15, 0.2) is 0 Å². The van der Waals surface area contributed by atoms with Crippen LogP contribution in [0.3, 0.4) is 0 Å². The molecule has 0 saturated carbocycles. The van der Waals surface area contributed by atoms with E-state index in [0.29, 0.717) is 20.7 Å². The molecule has 0 unspecified atom stereocenters. The lowest BCUT2D eigenvalue weighted by Gasteiger charge is -2.14. The predicted molar refractivity (Wildman–Crippen MR) is 87.7 cm³/mol. The van der Waals surface area contributed by atoms with Gasteiger partial charge < -0.3 is 4.74 Å². The number of ether oxygens (including phenoxy) is 1. The standard InChI is InChI=1S/C14H13BrClNO3S/c1-9-11(16)4-3-5-12(9)17-21(18,19)14-8-10(15)6-7-13(14)20-2/h3-8,17H,1-2H3. The molecule has 4 nitrogen and oxygen atoms in total. The van der Waals surface area contributed by atoms with Crippen molar-refractivity contribution in [3.8, 4) is 5.75 Å². The highest BCUT2D eigenvalue weighted by molar-refractivity contribution is 9.10. The van der Waals surface area contributed by atoms with Crippen molar-refractivity contribution in [1.29, 1.82) is 0 Å². The monoisotopic (exact) mass is 389 g/mol. The SMILES string of the molecule is COc1ccc(Br)cc1S(=O)(=O)Nc1cccc(Cl)c1C. The van der Waals surface area contributed by atoms with Crippen LogP contribution in [0.2, 0.25) is 5.02 Å². The van der Waals surface area contributed by atoms with E-state index in [1.54, 1.807) is 37.3 Å². The Hall–Kier alpha value is -1.24. The lowest BCUT2D eigenvalue weighted by atomic mass is 10.2. The predicted octanol–water partition coefficient (Wildman–Crippen LogP) is 4.22. The van der Waals surface area contributed by atoms with Crippen LogP contribution in [0.15, 0.2) is 45.8 Å². The lowest BCUT2D eigenvalue weighted by molar-refractivity contribution is 0.403. The molecule has 2 rings (SSSR count). The van der Waals surface area contributed by atoms with E-state index in [1.807, 2.05) is 0 Å². The zero-order valence-electron chi connectivity index (χ0n) is 11.4. The summed E-state index contributed by atoms with van der Waals surface area (Å²) in [6.07, 6.45) is 0. The summed E-state index contributed by atoms with van der Waals surface area (Å²) < 4.78 is 33.4. The van der Waals surface area contributed by atoms with E-state index in [9.17, 15) is 8.42 Å². The maximum absolute atomic E-state index is 12.5. The summed E-state index contributed by atoms with van der Waals surface area (Å²) in [6.45, 7) is 1.75. The molecule has 0 aliphatic heterocycles. The molecule has 21 heavy (non-hydrogen) atoms. The first-order valence-corrected chi connectivity index (χ1v) is 8.62. The second-order valence-corrected chi connectivity index (χ2v) is 7.29. The number of sulfonamides is 1. The fourth-order valence-electron chi connectivity index (χ4n) is 1.78. The third kappa shape index (κ3) is 3.51. The zero-order chi connectivity index (χ0) is 15.6. The molecule has 2 aromatic rings. The summed E-state index contributed by atoms with van der Waals surface area (Å²) in [5.74, 6) is 0.269. The summed E-state index contributed by atoms with van der Waals surface area (Å²) in [7, 11) is -2.36. The van der Waals surface area contributed by atoms with E-state index in [4.69, 9.17) is 16.3 Å². The highest BCUT2D eigenvalue weighted by Crippen LogP contribution is 2.30. The summed E-state index contributed by atoms with van der Waals surface area (Å²) in [6, 6.07) is 9.83. The maximum Gasteiger partial charge on any atom is 0.265 e. The van der Waals surface area contributed by atoms with Gasteiger partial charge in [0.1, 0.15) is 10.6 Å². The van der Waals surface area contributed by atoms with Gasteiger partial charge in [0.2, 0.25) is 0 Å². The van der Waals surface area contributed by atoms with Gasteiger partial charge in [-0.2, -0.15) is 0 Å². The number of hydrogen-bond donors (Lipinski definition) is 1. The van der Waals surface area contributed by atoms with E-state index in [1.165, 1.54) is 13.2 Å². The van der Waals surface area contributed by atoms with E-state index in [-0.39, 0.29) is 10.6 Å². The Bertz CT molecular complexity index is 778. The number of hydrogen-bond acceptors (Lipinski definition) is 3. The number of benzene rings is 2. The molecular weight excluding hydrogens is 378 g/mol. The smallest absolute Gasteiger partial charge is 0.265 e. The van der Waals surface area contributed by atoms with E-state index < -0.39 is 10.0 Å². The molecule has 1 N–H and O–H groups in total. The van der Waals surface area contributed by atoms with Gasteiger partial charge >= 0.3 is 0 Å². The second kappa shape index (κ2) is 6.25. The first-order valence-electron chi connectivity index (χ1n) is 5.96. The van der Waals surface area contributed by atoms with E-state index in [2.05, 4.69) is 20.7 Å². The summed E-state index contributed by atoms with van der Waals surface area (Å²) >= 11 is 9.27. The van der Waals surface area contributed by atoms with Crippen LogP contribution in [-0.2, 0) is 10.0 Å². The number of nitrogens with one attached hydrogen (secondary N) is 1. The minimum atomic E-state index is -3.78. The highest BCUT2D eigenvalue weighted by Gasteiger charge is 2.21. The molecule has 0 bridgehead atoms. The highest BCUT2D eigenvalue weighted by atomic mass is 79.9. The van der Waals surface area contributed by atoms with Crippen LogP contribution in [0.5, 0.6) is 5.75 Å². The van der Waals surface area contributed by atoms with Crippen molar-refractivity contribution in [2.45, 2.75) is 11.8 Å². The van der Waals surface area contributed by atoms with Gasteiger partial charge in [-0.3, -0.25) is 4.72 Å². The summed E-state index contributed by atoms with van der Waals surface area (Å²) in [4.78, 5) is 0.0544. The molecule has 112 valence electrons. The van der Waals surface area contributed by atoms with Gasteiger partial charge in [0, 0.05) is 9.50 Å². The van der Waals surface area contributed by atoms with Gasteiger partial charge in [0.25, 0.3) is 10.0 Å². The van der Waals surface area contributed by atoms with E-state index in [0.717, 1.165) is 0 Å². The fourth-order valence-corrected chi connectivity index (χ4v) is 3.78. The maximum atomic E-state index is 12.5. The van der Waals surface area contributed by atoms with Crippen molar-refractivity contribution in [1.82, 2.24) is 0 Å². The van der Waals surface area contributed by atoms with E-state index >= 15 is 0 Å². The normalized spacial score (nSPS) is 11.2. The summed E-state index contributed by atoms with van der Waals surface area (Å²) in [5.41, 5.74) is 1.10. The fraction of sp³-hybridized carbons (Fsp3) is 0.143. The van der Waals surface area contributed by atoms with Crippen LogP contribution in [0.25, 0.3) is 0 Å². The molecule has 0 saturated heterocycles. The molecule has 0 aromatic heterocycles. The van der Waals surface area contributed by atoms with Crippen LogP contribution >= 0.6 is 27.5 Å². The Labute approximate surface area is 137 Å². The van der Waals surface area contributed by atoms with Crippen LogP contribution in [0.1, 0.15) is 5.56 Å². The summed E-state index contributed by atoms with van der Waals surface area (Å²) in [5, 5.41) is 0.497. The van der Waals surface area contributed by atoms with Crippen molar-refractivity contribution in [2.24, 2.45) is 0 Å². The van der Waals surface area contributed by atoms with Crippen molar-refractivity contribution >= 4 is 43.2 Å². The van der Waals surface area contributed by atoms with Crippen molar-refractivity contribution < 1.29 is 13.2 Å². The van der Waals surface area contributed by atoms with Gasteiger partial charge in [0.05, 0.1) is 12.8 Å². The average Bonchev–Trinajstić information content (AvgIpc) is 2.44. The van der Waals surface area contributed by atoms with Crippen LogP contribution in [-0.4, -0.2) is 15.5 Å². The van der Waals surface area contributed by atoms with Crippen molar-refractivity contribution in [2.75, 3.05) is 11.8 Å². The molecular formula is C14H13BrClNO3S. The molecule has 0 radical (unpaired) electrons. The largest absolute Gasteiger partial charge is 0.495 e. The third-order valence-electron chi connectivity index (χ3n) is 2.93.